The second-order valence-corrected chi connectivity index (χ2v) is 2.63. The Balaban J connectivity index is 3.05. The van der Waals surface area contributed by atoms with Crippen molar-refractivity contribution in [3.05, 3.63) is 35.4 Å². The van der Waals surface area contributed by atoms with Crippen LogP contribution in [0.5, 0.6) is 0 Å². The van der Waals surface area contributed by atoms with Gasteiger partial charge in [-0.1, -0.05) is 18.2 Å². The first-order chi connectivity index (χ1) is 6.05. The quantitative estimate of drug-likeness (QED) is 0.758. The lowest BCUT2D eigenvalue weighted by molar-refractivity contribution is -0.138. The molecule has 72 valence electrons. The molecule has 1 nitrogen and oxygen atoms in total. The van der Waals surface area contributed by atoms with Crippen molar-refractivity contribution >= 4 is 0 Å². The Kier molecular flexibility index (Phi) is 2.93. The summed E-state index contributed by atoms with van der Waals surface area (Å²) < 4.78 is 36.9. The fourth-order valence-corrected chi connectivity index (χ4v) is 1.14. The summed E-state index contributed by atoms with van der Waals surface area (Å²) in [6.07, 6.45) is -4.29. The van der Waals surface area contributed by atoms with Crippen molar-refractivity contribution < 1.29 is 18.3 Å². The van der Waals surface area contributed by atoms with E-state index in [2.05, 4.69) is 0 Å². The van der Waals surface area contributed by atoms with E-state index in [1.54, 1.807) is 0 Å². The molecule has 4 heteroatoms. The number of rotatable bonds is 2. The standard InChI is InChI=1S/C9H9F3O/c10-9(11,12)8-4-2-1-3-7(8)5-6-13/h1-4,13H,5-6H2. The van der Waals surface area contributed by atoms with Gasteiger partial charge in [0.2, 0.25) is 0 Å². The Labute approximate surface area is 73.8 Å². The minimum atomic E-state index is -4.33. The molecule has 1 aromatic carbocycles. The summed E-state index contributed by atoms with van der Waals surface area (Å²) in [6, 6.07) is 5.26. The van der Waals surface area contributed by atoms with E-state index in [0.29, 0.717) is 0 Å². The van der Waals surface area contributed by atoms with Crippen molar-refractivity contribution in [2.24, 2.45) is 0 Å². The normalized spacial score (nSPS) is 11.7. The van der Waals surface area contributed by atoms with E-state index >= 15 is 0 Å². The molecule has 0 fully saturated rings. The van der Waals surface area contributed by atoms with E-state index < -0.39 is 11.7 Å². The van der Waals surface area contributed by atoms with Gasteiger partial charge < -0.3 is 5.11 Å². The van der Waals surface area contributed by atoms with Gasteiger partial charge in [0.15, 0.2) is 0 Å². The van der Waals surface area contributed by atoms with Crippen LogP contribution in [-0.2, 0) is 12.6 Å². The molecule has 13 heavy (non-hydrogen) atoms. The second-order valence-electron chi connectivity index (χ2n) is 2.63. The van der Waals surface area contributed by atoms with Gasteiger partial charge in [0, 0.05) is 6.61 Å². The maximum atomic E-state index is 12.3. The van der Waals surface area contributed by atoms with E-state index in [1.165, 1.54) is 18.2 Å². The van der Waals surface area contributed by atoms with Gasteiger partial charge in [-0.15, -0.1) is 0 Å². The van der Waals surface area contributed by atoms with Crippen molar-refractivity contribution in [3.8, 4) is 0 Å². The highest BCUT2D eigenvalue weighted by atomic mass is 19.4. The maximum Gasteiger partial charge on any atom is 0.416 e. The first-order valence-electron chi connectivity index (χ1n) is 3.81. The van der Waals surface area contributed by atoms with Crippen LogP contribution < -0.4 is 0 Å². The molecule has 0 amide bonds. The van der Waals surface area contributed by atoms with Crippen molar-refractivity contribution in [2.75, 3.05) is 6.61 Å². The van der Waals surface area contributed by atoms with Gasteiger partial charge in [-0.05, 0) is 18.1 Å². The first kappa shape index (κ1) is 10.1. The molecular formula is C9H9F3O. The number of aliphatic hydroxyl groups is 1. The Hall–Kier alpha value is -1.03. The highest BCUT2D eigenvalue weighted by molar-refractivity contribution is 5.29. The molecule has 0 spiro atoms. The highest BCUT2D eigenvalue weighted by Gasteiger charge is 2.32. The molecule has 0 saturated carbocycles. The van der Waals surface area contributed by atoms with E-state index in [4.69, 9.17) is 5.11 Å². The predicted molar refractivity (Wildman–Crippen MR) is 42.2 cm³/mol. The van der Waals surface area contributed by atoms with Crippen LogP contribution in [0, 0.1) is 0 Å². The van der Waals surface area contributed by atoms with Gasteiger partial charge in [-0.3, -0.25) is 0 Å². The monoisotopic (exact) mass is 190 g/mol. The van der Waals surface area contributed by atoms with Gasteiger partial charge in [0.05, 0.1) is 5.56 Å². The predicted octanol–water partition coefficient (Wildman–Crippen LogP) is 2.24. The van der Waals surface area contributed by atoms with Crippen LogP contribution in [0.25, 0.3) is 0 Å². The molecule has 1 rings (SSSR count). The Morgan fingerprint density at radius 3 is 2.31 bits per heavy atom. The van der Waals surface area contributed by atoms with Crippen LogP contribution in [0.3, 0.4) is 0 Å². The third-order valence-corrected chi connectivity index (χ3v) is 1.70. The molecule has 0 heterocycles. The molecule has 0 aliphatic carbocycles. The molecule has 1 N–H and O–H groups in total. The second kappa shape index (κ2) is 3.79. The minimum Gasteiger partial charge on any atom is -0.396 e. The van der Waals surface area contributed by atoms with Crippen molar-refractivity contribution in [1.29, 1.82) is 0 Å². The molecule has 0 bridgehead atoms. The third-order valence-electron chi connectivity index (χ3n) is 1.70. The van der Waals surface area contributed by atoms with Gasteiger partial charge in [-0.2, -0.15) is 13.2 Å². The summed E-state index contributed by atoms with van der Waals surface area (Å²) in [5.41, 5.74) is -0.526. The van der Waals surface area contributed by atoms with E-state index in [9.17, 15) is 13.2 Å². The number of aliphatic hydroxyl groups excluding tert-OH is 1. The number of halogens is 3. The van der Waals surface area contributed by atoms with E-state index in [-0.39, 0.29) is 18.6 Å². The SMILES string of the molecule is OCCc1ccccc1C(F)(F)F. The van der Waals surface area contributed by atoms with E-state index in [0.717, 1.165) is 6.07 Å². The lowest BCUT2D eigenvalue weighted by Crippen LogP contribution is -2.09. The fourth-order valence-electron chi connectivity index (χ4n) is 1.14. The van der Waals surface area contributed by atoms with E-state index in [1.807, 2.05) is 0 Å². The molecule has 0 aliphatic heterocycles. The van der Waals surface area contributed by atoms with Crippen molar-refractivity contribution in [1.82, 2.24) is 0 Å². The zero-order chi connectivity index (χ0) is 9.90. The summed E-state index contributed by atoms with van der Waals surface area (Å²) >= 11 is 0. The summed E-state index contributed by atoms with van der Waals surface area (Å²) in [5, 5.41) is 8.54. The van der Waals surface area contributed by atoms with Gasteiger partial charge >= 0.3 is 6.18 Å². The first-order valence-corrected chi connectivity index (χ1v) is 3.81. The molecule has 0 aromatic heterocycles. The summed E-state index contributed by atoms with van der Waals surface area (Å²) in [4.78, 5) is 0. The molecular weight excluding hydrogens is 181 g/mol. The molecule has 0 unspecified atom stereocenters. The Morgan fingerprint density at radius 1 is 1.15 bits per heavy atom. The lowest BCUT2D eigenvalue weighted by atomic mass is 10.0. The average molecular weight is 190 g/mol. The molecule has 0 atom stereocenters. The summed E-state index contributed by atoms with van der Waals surface area (Å²) in [5.74, 6) is 0. The van der Waals surface area contributed by atoms with Crippen LogP contribution in [0.4, 0.5) is 13.2 Å². The Morgan fingerprint density at radius 2 is 1.77 bits per heavy atom. The topological polar surface area (TPSA) is 20.2 Å². The van der Waals surface area contributed by atoms with Crippen LogP contribution >= 0.6 is 0 Å². The summed E-state index contributed by atoms with van der Waals surface area (Å²) in [7, 11) is 0. The molecule has 1 aromatic rings. The zero-order valence-electron chi connectivity index (χ0n) is 6.80. The lowest BCUT2D eigenvalue weighted by Gasteiger charge is -2.11. The highest BCUT2D eigenvalue weighted by Crippen LogP contribution is 2.31. The minimum absolute atomic E-state index is 0.0374. The Bertz CT molecular complexity index is 280. The molecule has 0 aliphatic rings. The largest absolute Gasteiger partial charge is 0.416 e. The van der Waals surface area contributed by atoms with Gasteiger partial charge in [-0.25, -0.2) is 0 Å². The van der Waals surface area contributed by atoms with Crippen LogP contribution in [0.1, 0.15) is 11.1 Å². The van der Waals surface area contributed by atoms with Crippen LogP contribution in [0.15, 0.2) is 24.3 Å². The zero-order valence-corrected chi connectivity index (χ0v) is 6.80. The van der Waals surface area contributed by atoms with Crippen molar-refractivity contribution in [3.63, 3.8) is 0 Å². The molecule has 0 radical (unpaired) electrons. The average Bonchev–Trinajstić information content (AvgIpc) is 2.04. The molecule has 0 saturated heterocycles. The van der Waals surface area contributed by atoms with Gasteiger partial charge in [0.1, 0.15) is 0 Å². The van der Waals surface area contributed by atoms with Crippen molar-refractivity contribution in [2.45, 2.75) is 12.6 Å². The fraction of sp³-hybridized carbons (Fsp3) is 0.333. The third kappa shape index (κ3) is 2.45. The van der Waals surface area contributed by atoms with Gasteiger partial charge in [0.25, 0.3) is 0 Å². The number of hydrogen-bond acceptors (Lipinski definition) is 1. The number of hydrogen-bond donors (Lipinski definition) is 1. The summed E-state index contributed by atoms with van der Waals surface area (Å²) in [6.45, 7) is -0.271. The smallest absolute Gasteiger partial charge is 0.396 e. The maximum absolute atomic E-state index is 12.3. The number of alkyl halides is 3. The van der Waals surface area contributed by atoms with Crippen LogP contribution in [-0.4, -0.2) is 11.7 Å². The van der Waals surface area contributed by atoms with Crippen LogP contribution in [0.2, 0.25) is 0 Å². The number of benzene rings is 1.